The van der Waals surface area contributed by atoms with Crippen LogP contribution in [0.5, 0.6) is 5.75 Å². The average molecular weight is 300 g/mol. The third kappa shape index (κ3) is 3.45. The van der Waals surface area contributed by atoms with Crippen molar-refractivity contribution in [2.75, 3.05) is 31.6 Å². The first kappa shape index (κ1) is 15.0. The van der Waals surface area contributed by atoms with Crippen LogP contribution in [0.25, 0.3) is 0 Å². The molecule has 1 N–H and O–H groups in total. The standard InChI is InChI=1S/C18H24N2O2/c1-14-7-8-16(22-14)12-19-11-15-9-10-20(13-15)17-5-3-4-6-18(17)21-2/h3-8,15,19H,9-13H2,1-2H3. The zero-order valence-electron chi connectivity index (χ0n) is 13.3. The largest absolute Gasteiger partial charge is 0.495 e. The van der Waals surface area contributed by atoms with Crippen LogP contribution in [0.4, 0.5) is 5.69 Å². The molecule has 0 radical (unpaired) electrons. The number of aryl methyl sites for hydroxylation is 1. The van der Waals surface area contributed by atoms with Gasteiger partial charge in [-0.05, 0) is 43.5 Å². The highest BCUT2D eigenvalue weighted by molar-refractivity contribution is 5.59. The highest BCUT2D eigenvalue weighted by Gasteiger charge is 2.24. The minimum atomic E-state index is 0.668. The summed E-state index contributed by atoms with van der Waals surface area (Å²) < 4.78 is 11.0. The molecule has 3 rings (SSSR count). The first-order chi connectivity index (χ1) is 10.8. The van der Waals surface area contributed by atoms with Crippen molar-refractivity contribution in [3.63, 3.8) is 0 Å². The quantitative estimate of drug-likeness (QED) is 0.889. The van der Waals surface area contributed by atoms with Gasteiger partial charge in [-0.3, -0.25) is 0 Å². The number of nitrogens with zero attached hydrogens (tertiary/aromatic N) is 1. The number of para-hydroxylation sites is 2. The normalized spacial score (nSPS) is 17.9. The van der Waals surface area contributed by atoms with Crippen molar-refractivity contribution in [3.05, 3.63) is 47.9 Å². The zero-order chi connectivity index (χ0) is 15.4. The summed E-state index contributed by atoms with van der Waals surface area (Å²) in [7, 11) is 1.74. The Balaban J connectivity index is 1.50. The van der Waals surface area contributed by atoms with Crippen LogP contribution in [0.15, 0.2) is 40.8 Å². The predicted octanol–water partition coefficient (Wildman–Crippen LogP) is 3.21. The molecule has 1 aromatic heterocycles. The monoisotopic (exact) mass is 300 g/mol. The fraction of sp³-hybridized carbons (Fsp3) is 0.444. The van der Waals surface area contributed by atoms with Crippen LogP contribution < -0.4 is 15.0 Å². The maximum absolute atomic E-state index is 5.58. The second kappa shape index (κ2) is 6.88. The van der Waals surface area contributed by atoms with E-state index in [2.05, 4.69) is 22.3 Å². The molecule has 0 bridgehead atoms. The van der Waals surface area contributed by atoms with E-state index >= 15 is 0 Å². The lowest BCUT2D eigenvalue weighted by Gasteiger charge is -2.21. The maximum Gasteiger partial charge on any atom is 0.142 e. The summed E-state index contributed by atoms with van der Waals surface area (Å²) in [4.78, 5) is 2.42. The number of ether oxygens (including phenoxy) is 1. The van der Waals surface area contributed by atoms with Gasteiger partial charge in [-0.25, -0.2) is 0 Å². The molecule has 2 heterocycles. The van der Waals surface area contributed by atoms with Crippen molar-refractivity contribution in [3.8, 4) is 5.75 Å². The summed E-state index contributed by atoms with van der Waals surface area (Å²) in [5.41, 5.74) is 1.20. The number of hydrogen-bond acceptors (Lipinski definition) is 4. The van der Waals surface area contributed by atoms with Crippen LogP contribution >= 0.6 is 0 Å². The molecule has 1 aliphatic heterocycles. The van der Waals surface area contributed by atoms with E-state index in [1.165, 1.54) is 12.1 Å². The van der Waals surface area contributed by atoms with E-state index in [-0.39, 0.29) is 0 Å². The fourth-order valence-corrected chi connectivity index (χ4v) is 3.09. The van der Waals surface area contributed by atoms with Crippen LogP contribution in [0.1, 0.15) is 17.9 Å². The van der Waals surface area contributed by atoms with Gasteiger partial charge >= 0.3 is 0 Å². The van der Waals surface area contributed by atoms with Crippen LogP contribution in [0.3, 0.4) is 0 Å². The van der Waals surface area contributed by atoms with E-state index in [1.54, 1.807) is 7.11 Å². The van der Waals surface area contributed by atoms with E-state index in [4.69, 9.17) is 9.15 Å². The molecular formula is C18H24N2O2. The third-order valence-electron chi connectivity index (χ3n) is 4.24. The molecule has 118 valence electrons. The van der Waals surface area contributed by atoms with E-state index in [0.29, 0.717) is 5.92 Å². The van der Waals surface area contributed by atoms with Gasteiger partial charge in [0.05, 0.1) is 19.3 Å². The lowest BCUT2D eigenvalue weighted by Crippen LogP contribution is -2.26. The van der Waals surface area contributed by atoms with Gasteiger partial charge in [0, 0.05) is 19.6 Å². The Morgan fingerprint density at radius 1 is 1.27 bits per heavy atom. The summed E-state index contributed by atoms with van der Waals surface area (Å²) in [6.07, 6.45) is 1.21. The molecule has 1 fully saturated rings. The first-order valence-electron chi connectivity index (χ1n) is 7.90. The molecule has 4 heteroatoms. The summed E-state index contributed by atoms with van der Waals surface area (Å²) in [6.45, 7) is 5.97. The Kier molecular flexibility index (Phi) is 4.68. The van der Waals surface area contributed by atoms with E-state index < -0.39 is 0 Å². The lowest BCUT2D eigenvalue weighted by molar-refractivity contribution is 0.414. The molecule has 0 amide bonds. The van der Waals surface area contributed by atoms with Gasteiger partial charge in [0.2, 0.25) is 0 Å². The summed E-state index contributed by atoms with van der Waals surface area (Å²) in [5, 5.41) is 3.51. The highest BCUT2D eigenvalue weighted by atomic mass is 16.5. The molecule has 0 saturated carbocycles. The molecule has 22 heavy (non-hydrogen) atoms. The molecule has 0 spiro atoms. The van der Waals surface area contributed by atoms with Crippen molar-refractivity contribution in [1.29, 1.82) is 0 Å². The Hall–Kier alpha value is -1.94. The van der Waals surface area contributed by atoms with Crippen molar-refractivity contribution >= 4 is 5.69 Å². The minimum absolute atomic E-state index is 0.668. The van der Waals surface area contributed by atoms with Crippen LogP contribution in [-0.2, 0) is 6.54 Å². The number of rotatable bonds is 6. The molecule has 1 aliphatic rings. The molecule has 4 nitrogen and oxygen atoms in total. The van der Waals surface area contributed by atoms with Gasteiger partial charge in [-0.1, -0.05) is 12.1 Å². The number of methoxy groups -OCH3 is 1. The summed E-state index contributed by atoms with van der Waals surface area (Å²) >= 11 is 0. The van der Waals surface area contributed by atoms with Gasteiger partial charge in [0.25, 0.3) is 0 Å². The van der Waals surface area contributed by atoms with Crippen LogP contribution in [0, 0.1) is 12.8 Å². The number of hydrogen-bond donors (Lipinski definition) is 1. The average Bonchev–Trinajstić information content (AvgIpc) is 3.17. The maximum atomic E-state index is 5.58. The second-order valence-electron chi connectivity index (χ2n) is 5.92. The smallest absolute Gasteiger partial charge is 0.142 e. The Morgan fingerprint density at radius 3 is 2.91 bits per heavy atom. The van der Waals surface area contributed by atoms with Gasteiger partial charge in [-0.2, -0.15) is 0 Å². The van der Waals surface area contributed by atoms with Crippen molar-refractivity contribution in [2.45, 2.75) is 19.9 Å². The SMILES string of the molecule is COc1ccccc1N1CCC(CNCc2ccc(C)o2)C1. The molecule has 1 atom stereocenters. The Morgan fingerprint density at radius 2 is 2.14 bits per heavy atom. The lowest BCUT2D eigenvalue weighted by atomic mass is 10.1. The van der Waals surface area contributed by atoms with Crippen LogP contribution in [-0.4, -0.2) is 26.7 Å². The summed E-state index contributed by atoms with van der Waals surface area (Å²) in [5.74, 6) is 3.61. The number of benzene rings is 1. The van der Waals surface area contributed by atoms with Gasteiger partial charge in [0.15, 0.2) is 0 Å². The topological polar surface area (TPSA) is 37.6 Å². The van der Waals surface area contributed by atoms with Crippen molar-refractivity contribution < 1.29 is 9.15 Å². The van der Waals surface area contributed by atoms with E-state index in [9.17, 15) is 0 Å². The highest BCUT2D eigenvalue weighted by Crippen LogP contribution is 2.31. The molecule has 2 aromatic rings. The minimum Gasteiger partial charge on any atom is -0.495 e. The molecule has 1 aromatic carbocycles. The zero-order valence-corrected chi connectivity index (χ0v) is 13.3. The van der Waals surface area contributed by atoms with E-state index in [0.717, 1.165) is 43.4 Å². The third-order valence-corrected chi connectivity index (χ3v) is 4.24. The summed E-state index contributed by atoms with van der Waals surface area (Å²) in [6, 6.07) is 12.3. The Labute approximate surface area is 132 Å². The van der Waals surface area contributed by atoms with Gasteiger partial charge in [-0.15, -0.1) is 0 Å². The molecule has 1 saturated heterocycles. The van der Waals surface area contributed by atoms with Gasteiger partial charge in [0.1, 0.15) is 17.3 Å². The molecular weight excluding hydrogens is 276 g/mol. The number of nitrogens with one attached hydrogen (secondary N) is 1. The number of furan rings is 1. The second-order valence-corrected chi connectivity index (χ2v) is 5.92. The number of anilines is 1. The fourth-order valence-electron chi connectivity index (χ4n) is 3.09. The predicted molar refractivity (Wildman–Crippen MR) is 88.5 cm³/mol. The van der Waals surface area contributed by atoms with Crippen LogP contribution in [0.2, 0.25) is 0 Å². The van der Waals surface area contributed by atoms with Crippen molar-refractivity contribution in [2.24, 2.45) is 5.92 Å². The Bertz CT molecular complexity index is 609. The van der Waals surface area contributed by atoms with E-state index in [1.807, 2.05) is 31.2 Å². The molecule has 0 aliphatic carbocycles. The first-order valence-corrected chi connectivity index (χ1v) is 7.90. The van der Waals surface area contributed by atoms with Gasteiger partial charge < -0.3 is 19.4 Å². The molecule has 1 unspecified atom stereocenters. The van der Waals surface area contributed by atoms with Crippen molar-refractivity contribution in [1.82, 2.24) is 5.32 Å².